The van der Waals surface area contributed by atoms with Gasteiger partial charge in [0.2, 0.25) is 10.0 Å². The van der Waals surface area contributed by atoms with E-state index in [0.717, 1.165) is 10.1 Å². The molecule has 9 heteroatoms. The van der Waals surface area contributed by atoms with Gasteiger partial charge in [-0.1, -0.05) is 32.9 Å². The number of rotatable bonds is 4. The molecule has 0 unspecified atom stereocenters. The van der Waals surface area contributed by atoms with E-state index < -0.39 is 10.0 Å². The fourth-order valence-corrected chi connectivity index (χ4v) is 4.99. The Morgan fingerprint density at radius 3 is 2.00 bits per heavy atom. The van der Waals surface area contributed by atoms with Crippen molar-refractivity contribution in [3.8, 4) is 0 Å². The molecule has 1 aliphatic rings. The maximum atomic E-state index is 13.0. The number of nitrogens with zero attached hydrogens (tertiary/aromatic N) is 4. The van der Waals surface area contributed by atoms with Gasteiger partial charge in [-0.15, -0.1) is 0 Å². The Bertz CT molecular complexity index is 1130. The second-order valence-corrected chi connectivity index (χ2v) is 10.8. The summed E-state index contributed by atoms with van der Waals surface area (Å²) in [5.41, 5.74) is 0.973. The fourth-order valence-electron chi connectivity index (χ4n) is 3.56. The number of sulfonamides is 1. The first-order valence-corrected chi connectivity index (χ1v) is 11.4. The zero-order valence-corrected chi connectivity index (χ0v) is 19.1. The molecule has 30 heavy (non-hydrogen) atoms. The lowest BCUT2D eigenvalue weighted by atomic mass is 9.87. The molecule has 3 rings (SSSR count). The van der Waals surface area contributed by atoms with Crippen LogP contribution < -0.4 is 11.2 Å². The smallest absolute Gasteiger partial charge is 0.299 e. The molecular weight excluding hydrogens is 404 g/mol. The molecule has 0 bridgehead atoms. The summed E-state index contributed by atoms with van der Waals surface area (Å²) < 4.78 is 30.1. The molecule has 1 fully saturated rings. The van der Waals surface area contributed by atoms with Crippen molar-refractivity contribution in [1.29, 1.82) is 0 Å². The molecule has 2 heterocycles. The summed E-state index contributed by atoms with van der Waals surface area (Å²) in [5.74, 6) is 0. The zero-order chi connectivity index (χ0) is 22.3. The lowest BCUT2D eigenvalue weighted by Crippen LogP contribution is -2.49. The van der Waals surface area contributed by atoms with Crippen molar-refractivity contribution in [3.63, 3.8) is 0 Å². The zero-order valence-electron chi connectivity index (χ0n) is 18.3. The average molecular weight is 435 g/mol. The number of benzene rings is 1. The molecule has 164 valence electrons. The van der Waals surface area contributed by atoms with Crippen LogP contribution in [-0.2, 0) is 36.1 Å². The van der Waals surface area contributed by atoms with E-state index in [1.807, 2.05) is 12.1 Å². The Morgan fingerprint density at radius 2 is 1.47 bits per heavy atom. The maximum absolute atomic E-state index is 13.0. The minimum Gasteiger partial charge on any atom is -0.299 e. The normalized spacial score (nSPS) is 16.7. The van der Waals surface area contributed by atoms with Gasteiger partial charge in [0.25, 0.3) is 5.56 Å². The molecule has 0 atom stereocenters. The molecule has 0 N–H and O–H groups in total. The molecule has 1 aromatic carbocycles. The summed E-state index contributed by atoms with van der Waals surface area (Å²) in [6, 6.07) is 8.57. The fraction of sp³-hybridized carbons (Fsp3) is 0.524. The summed E-state index contributed by atoms with van der Waals surface area (Å²) in [6.45, 7) is 8.49. The van der Waals surface area contributed by atoms with Crippen LogP contribution in [0.15, 0.2) is 44.8 Å². The van der Waals surface area contributed by atoms with E-state index in [-0.39, 0.29) is 16.7 Å². The molecule has 1 aliphatic heterocycles. The Kier molecular flexibility index (Phi) is 6.08. The summed E-state index contributed by atoms with van der Waals surface area (Å²) in [4.78, 5) is 26.4. The van der Waals surface area contributed by atoms with Gasteiger partial charge in [-0.25, -0.2) is 13.2 Å². The molecule has 0 spiro atoms. The third-order valence-corrected chi connectivity index (χ3v) is 7.61. The second kappa shape index (κ2) is 8.13. The molecule has 2 aromatic rings. The van der Waals surface area contributed by atoms with Gasteiger partial charge in [-0.3, -0.25) is 18.8 Å². The predicted octanol–water partition coefficient (Wildman–Crippen LogP) is 0.888. The van der Waals surface area contributed by atoms with Crippen LogP contribution in [0.5, 0.6) is 0 Å². The lowest BCUT2D eigenvalue weighted by Gasteiger charge is -2.34. The van der Waals surface area contributed by atoms with Crippen molar-refractivity contribution < 1.29 is 8.42 Å². The highest BCUT2D eigenvalue weighted by Gasteiger charge is 2.29. The standard InChI is InChI=1S/C21H30N4O4S/c1-21(2,3)16-6-8-18(9-7-16)30(28,29)25-12-10-24(11-13-25)15-17-14-19(26)23(5)20(27)22(17)4/h6-9,14H,10-13,15H2,1-5H3. The third kappa shape index (κ3) is 4.43. The van der Waals surface area contributed by atoms with Crippen LogP contribution >= 0.6 is 0 Å². The van der Waals surface area contributed by atoms with Crippen LogP contribution in [0.2, 0.25) is 0 Å². The highest BCUT2D eigenvalue weighted by molar-refractivity contribution is 7.89. The monoisotopic (exact) mass is 434 g/mol. The quantitative estimate of drug-likeness (QED) is 0.714. The molecule has 0 aliphatic carbocycles. The SMILES string of the molecule is Cn1c(CN2CCN(S(=O)(=O)c3ccc(C(C)(C)C)cc3)CC2)cc(=O)n(C)c1=O. The van der Waals surface area contributed by atoms with E-state index in [0.29, 0.717) is 43.3 Å². The van der Waals surface area contributed by atoms with Crippen LogP contribution in [0.3, 0.4) is 0 Å². The van der Waals surface area contributed by atoms with Gasteiger partial charge in [0.15, 0.2) is 0 Å². The van der Waals surface area contributed by atoms with Crippen molar-refractivity contribution in [2.45, 2.75) is 37.6 Å². The van der Waals surface area contributed by atoms with Gasteiger partial charge >= 0.3 is 5.69 Å². The second-order valence-electron chi connectivity index (χ2n) is 8.83. The van der Waals surface area contributed by atoms with Crippen molar-refractivity contribution >= 4 is 10.0 Å². The number of hydrogen-bond acceptors (Lipinski definition) is 5. The first kappa shape index (κ1) is 22.5. The Morgan fingerprint density at radius 1 is 0.900 bits per heavy atom. The van der Waals surface area contributed by atoms with Gasteiger partial charge in [-0.05, 0) is 23.1 Å². The van der Waals surface area contributed by atoms with E-state index in [2.05, 4.69) is 25.7 Å². The Labute approximate surface area is 177 Å². The van der Waals surface area contributed by atoms with Crippen molar-refractivity contribution in [2.24, 2.45) is 14.1 Å². The summed E-state index contributed by atoms with van der Waals surface area (Å²) in [7, 11) is -0.461. The molecule has 0 radical (unpaired) electrons. The molecular formula is C21H30N4O4S. The van der Waals surface area contributed by atoms with Crippen molar-refractivity contribution in [2.75, 3.05) is 26.2 Å². The molecule has 1 aromatic heterocycles. The summed E-state index contributed by atoms with van der Waals surface area (Å²) in [5, 5.41) is 0. The molecule has 1 saturated heterocycles. The third-order valence-electron chi connectivity index (χ3n) is 5.70. The van der Waals surface area contributed by atoms with Crippen LogP contribution in [0, 0.1) is 0 Å². The van der Waals surface area contributed by atoms with Crippen LogP contribution in [-0.4, -0.2) is 52.9 Å². The van der Waals surface area contributed by atoms with Gasteiger partial charge in [0.1, 0.15) is 0 Å². The topological polar surface area (TPSA) is 84.6 Å². The van der Waals surface area contributed by atoms with E-state index in [4.69, 9.17) is 0 Å². The van der Waals surface area contributed by atoms with Crippen molar-refractivity contribution in [1.82, 2.24) is 18.3 Å². The highest BCUT2D eigenvalue weighted by atomic mass is 32.2. The van der Waals surface area contributed by atoms with Gasteiger partial charge in [-0.2, -0.15) is 4.31 Å². The van der Waals surface area contributed by atoms with Crippen LogP contribution in [0.25, 0.3) is 0 Å². The van der Waals surface area contributed by atoms with E-state index in [1.165, 1.54) is 22.0 Å². The predicted molar refractivity (Wildman–Crippen MR) is 116 cm³/mol. The van der Waals surface area contributed by atoms with Gasteiger partial charge in [0.05, 0.1) is 4.90 Å². The van der Waals surface area contributed by atoms with E-state index >= 15 is 0 Å². The minimum absolute atomic E-state index is 0.0353. The Balaban J connectivity index is 1.69. The highest BCUT2D eigenvalue weighted by Crippen LogP contribution is 2.25. The molecule has 8 nitrogen and oxygen atoms in total. The molecule has 0 saturated carbocycles. The van der Waals surface area contributed by atoms with Gasteiger partial charge < -0.3 is 0 Å². The first-order valence-electron chi connectivity index (χ1n) is 10.0. The van der Waals surface area contributed by atoms with Crippen LogP contribution in [0.4, 0.5) is 0 Å². The van der Waals surface area contributed by atoms with E-state index in [1.54, 1.807) is 19.2 Å². The van der Waals surface area contributed by atoms with E-state index in [9.17, 15) is 18.0 Å². The summed E-state index contributed by atoms with van der Waals surface area (Å²) in [6.07, 6.45) is 0. The first-order chi connectivity index (χ1) is 13.9. The minimum atomic E-state index is -3.55. The number of hydrogen-bond donors (Lipinski definition) is 0. The van der Waals surface area contributed by atoms with Gasteiger partial charge in [0, 0.05) is 58.6 Å². The Hall–Kier alpha value is -2.23. The average Bonchev–Trinajstić information content (AvgIpc) is 2.70. The van der Waals surface area contributed by atoms with Crippen LogP contribution in [0.1, 0.15) is 32.0 Å². The number of piperazine rings is 1. The summed E-state index contributed by atoms with van der Waals surface area (Å²) >= 11 is 0. The maximum Gasteiger partial charge on any atom is 0.330 e. The van der Waals surface area contributed by atoms with Crippen molar-refractivity contribution in [3.05, 3.63) is 62.4 Å². The molecule has 0 amide bonds. The largest absolute Gasteiger partial charge is 0.330 e. The lowest BCUT2D eigenvalue weighted by molar-refractivity contribution is 0.177. The number of aromatic nitrogens is 2.